The zero-order valence-electron chi connectivity index (χ0n) is 18.6. The first kappa shape index (κ1) is 25.2. The number of nitrogens with one attached hydrogen (secondary N) is 2. The summed E-state index contributed by atoms with van der Waals surface area (Å²) in [4.78, 5) is 19.3. The number of amides is 1. The van der Waals surface area contributed by atoms with Crippen molar-refractivity contribution in [1.82, 2.24) is 4.90 Å². The van der Waals surface area contributed by atoms with Crippen LogP contribution < -0.4 is 31.8 Å². The van der Waals surface area contributed by atoms with Crippen LogP contribution in [0.1, 0.15) is 24.8 Å². The standard InChI is InChI=1S/C25H25Cl2FIN4O/c1-33(16-6-2-7-16)15-4-10-21(34)31-19-12-11-18-22(23(19)27)25(30-14-5-13-29-18)32-20-9-3-8-17(26)24(20)28/h3-5,8-12,14,16H,2,6-7,13,15H2,1H3,(H,30,32)(H,31,34)/q-1/b10-4+,14-5?. The number of hydrogen-bond acceptors (Lipinski definition) is 4. The molecular formula is C25H25Cl2FIN4O-. The normalized spacial score (nSPS) is 16.2. The predicted molar refractivity (Wildman–Crippen MR) is 134 cm³/mol. The number of anilines is 2. The van der Waals surface area contributed by atoms with Crippen LogP contribution in [0.25, 0.3) is 0 Å². The van der Waals surface area contributed by atoms with Crippen LogP contribution in [0.4, 0.5) is 15.8 Å². The second-order valence-corrected chi connectivity index (χ2v) is 11.7. The fourth-order valence-electron chi connectivity index (χ4n) is 3.64. The van der Waals surface area contributed by atoms with E-state index < -0.39 is 5.82 Å². The van der Waals surface area contributed by atoms with Crippen LogP contribution in [-0.2, 0) is 4.79 Å². The number of aliphatic imine (C=N–C) groups is 1. The number of halogens is 4. The van der Waals surface area contributed by atoms with Crippen LogP contribution >= 0.6 is 23.2 Å². The number of allylic oxidation sites excluding steroid dienone is 1. The number of hydrogen-bond donors (Lipinski definition) is 2. The van der Waals surface area contributed by atoms with Crippen molar-refractivity contribution in [2.45, 2.75) is 25.3 Å². The van der Waals surface area contributed by atoms with Crippen LogP contribution in [0.2, 0.25) is 10.0 Å². The van der Waals surface area contributed by atoms with Gasteiger partial charge in [-0.25, -0.2) is 0 Å². The summed E-state index contributed by atoms with van der Waals surface area (Å²) in [5.74, 6) is -0.408. The molecule has 0 atom stereocenters. The van der Waals surface area contributed by atoms with Crippen LogP contribution in [-0.4, -0.2) is 40.7 Å². The number of alkyl halides is 1. The molecular weight excluding hydrogens is 589 g/mol. The summed E-state index contributed by atoms with van der Waals surface area (Å²) in [5, 5.41) is 6.30. The molecule has 1 saturated carbocycles. The number of fused-ring (bicyclic) bond motifs is 1. The first-order chi connectivity index (χ1) is 16.4. The minimum absolute atomic E-state index is 0.0153. The van der Waals surface area contributed by atoms with Crippen molar-refractivity contribution in [3.63, 3.8) is 0 Å². The Labute approximate surface area is 219 Å². The Morgan fingerprint density at radius 2 is 2.09 bits per heavy atom. The van der Waals surface area contributed by atoms with Crippen molar-refractivity contribution in [3.8, 4) is 0 Å². The van der Waals surface area contributed by atoms with Gasteiger partial charge in [-0.2, -0.15) is 0 Å². The molecule has 34 heavy (non-hydrogen) atoms. The monoisotopic (exact) mass is 613 g/mol. The Kier molecular flexibility index (Phi) is 8.63. The average Bonchev–Trinajstić information content (AvgIpc) is 2.74. The third-order valence-corrected chi connectivity index (χ3v) is 9.12. The number of rotatable bonds is 6. The molecule has 180 valence electrons. The van der Waals surface area contributed by atoms with Crippen molar-refractivity contribution in [2.75, 3.05) is 28.7 Å². The number of carbonyl (C=O) groups excluding carboxylic acids is 1. The number of likely N-dealkylation sites (N-methyl/N-ethyl adjacent to an activating group) is 1. The SMILES string of the molecule is CN(C/C=C/C(=O)Nc1ccc2c(c1Cl)C(Nc1cccc(Cl)c1F)=NC=CC[I-]2)C1CCC1. The van der Waals surface area contributed by atoms with E-state index in [4.69, 9.17) is 23.2 Å². The molecule has 4 rings (SSSR count). The number of benzene rings is 2. The summed E-state index contributed by atoms with van der Waals surface area (Å²) in [6.07, 6.45) is 10.8. The van der Waals surface area contributed by atoms with Crippen molar-refractivity contribution in [2.24, 2.45) is 4.99 Å². The second kappa shape index (κ2) is 11.7. The van der Waals surface area contributed by atoms with Crippen LogP contribution in [0.15, 0.2) is 59.8 Å². The minimum Gasteiger partial charge on any atom is -0.0503 e. The van der Waals surface area contributed by atoms with Gasteiger partial charge >= 0.3 is 214 Å². The van der Waals surface area contributed by atoms with Gasteiger partial charge in [0.15, 0.2) is 0 Å². The van der Waals surface area contributed by atoms with E-state index in [9.17, 15) is 9.18 Å². The Balaban J connectivity index is 1.55. The van der Waals surface area contributed by atoms with E-state index in [-0.39, 0.29) is 37.8 Å². The summed E-state index contributed by atoms with van der Waals surface area (Å²) in [6, 6.07) is 9.13. The van der Waals surface area contributed by atoms with Gasteiger partial charge in [0, 0.05) is 0 Å². The van der Waals surface area contributed by atoms with Gasteiger partial charge in [-0.3, -0.25) is 0 Å². The van der Waals surface area contributed by atoms with E-state index in [2.05, 4.69) is 27.6 Å². The summed E-state index contributed by atoms with van der Waals surface area (Å²) in [5.41, 5.74) is 1.36. The Hall–Kier alpha value is -1.94. The predicted octanol–water partition coefficient (Wildman–Crippen LogP) is 2.76. The number of amidine groups is 1. The third-order valence-electron chi connectivity index (χ3n) is 5.77. The summed E-state index contributed by atoms with van der Waals surface area (Å²) in [6.45, 7) is 0.721. The number of carbonyl (C=O) groups is 1. The zero-order valence-corrected chi connectivity index (χ0v) is 22.3. The molecule has 2 aromatic carbocycles. The van der Waals surface area contributed by atoms with E-state index >= 15 is 0 Å². The third kappa shape index (κ3) is 6.00. The quantitative estimate of drug-likeness (QED) is 0.299. The maximum absolute atomic E-state index is 14.6. The summed E-state index contributed by atoms with van der Waals surface area (Å²) >= 11 is 12.4. The van der Waals surface area contributed by atoms with E-state index in [1.807, 2.05) is 24.3 Å². The van der Waals surface area contributed by atoms with Crippen LogP contribution in [0.3, 0.4) is 0 Å². The Bertz CT molecular complexity index is 1160. The Morgan fingerprint density at radius 3 is 2.85 bits per heavy atom. The van der Waals surface area contributed by atoms with Crippen molar-refractivity contribution in [1.29, 1.82) is 0 Å². The van der Waals surface area contributed by atoms with E-state index in [0.29, 0.717) is 28.2 Å². The topological polar surface area (TPSA) is 56.7 Å². The van der Waals surface area contributed by atoms with Gasteiger partial charge in [-0.05, 0) is 0 Å². The van der Waals surface area contributed by atoms with Gasteiger partial charge in [0.25, 0.3) is 0 Å². The molecule has 0 radical (unpaired) electrons. The minimum atomic E-state index is -0.563. The second-order valence-electron chi connectivity index (χ2n) is 8.08. The summed E-state index contributed by atoms with van der Waals surface area (Å²) < 4.78 is 16.5. The van der Waals surface area contributed by atoms with E-state index in [1.54, 1.807) is 18.3 Å². The van der Waals surface area contributed by atoms with Gasteiger partial charge < -0.3 is 0 Å². The molecule has 0 saturated heterocycles. The molecule has 1 aliphatic heterocycles. The van der Waals surface area contributed by atoms with Crippen molar-refractivity contribution >= 4 is 46.3 Å². The van der Waals surface area contributed by atoms with Gasteiger partial charge in [0.05, 0.1) is 0 Å². The average molecular weight is 614 g/mol. The maximum atomic E-state index is 14.6. The molecule has 5 nitrogen and oxygen atoms in total. The summed E-state index contributed by atoms with van der Waals surface area (Å²) in [7, 11) is 2.08. The molecule has 0 unspecified atom stereocenters. The smallest absolute Gasteiger partial charge is 0.0503 e. The zero-order chi connectivity index (χ0) is 24.1. The molecule has 2 aromatic rings. The molecule has 9 heteroatoms. The van der Waals surface area contributed by atoms with Gasteiger partial charge in [-0.15, -0.1) is 0 Å². The number of nitrogens with zero attached hydrogens (tertiary/aromatic N) is 2. The van der Waals surface area contributed by atoms with Gasteiger partial charge in [0.2, 0.25) is 0 Å². The van der Waals surface area contributed by atoms with E-state index in [0.717, 1.165) is 14.5 Å². The van der Waals surface area contributed by atoms with Crippen molar-refractivity contribution < 1.29 is 30.4 Å². The first-order valence-electron chi connectivity index (χ1n) is 11.0. The molecule has 1 heterocycles. The van der Waals surface area contributed by atoms with Crippen LogP contribution in [0, 0.1) is 9.39 Å². The molecule has 1 aliphatic carbocycles. The van der Waals surface area contributed by atoms with Gasteiger partial charge in [0.1, 0.15) is 0 Å². The molecule has 1 fully saturated rings. The molecule has 0 spiro atoms. The molecule has 0 aromatic heterocycles. The molecule has 2 N–H and O–H groups in total. The fraction of sp³-hybridized carbons (Fsp3) is 0.280. The van der Waals surface area contributed by atoms with Crippen LogP contribution in [0.5, 0.6) is 0 Å². The molecule has 2 aliphatic rings. The van der Waals surface area contributed by atoms with E-state index in [1.165, 1.54) is 31.4 Å². The molecule has 1 amide bonds. The molecule has 0 bridgehead atoms. The van der Waals surface area contributed by atoms with Gasteiger partial charge in [-0.1, -0.05) is 6.42 Å². The fourth-order valence-corrected chi connectivity index (χ4v) is 6.57. The Morgan fingerprint density at radius 1 is 1.26 bits per heavy atom. The van der Waals surface area contributed by atoms with Crippen molar-refractivity contribution in [3.05, 3.63) is 79.8 Å². The first-order valence-corrected chi connectivity index (χ1v) is 14.3.